The molecule has 0 aromatic heterocycles. The number of hydrogen-bond donors (Lipinski definition) is 1. The van der Waals surface area contributed by atoms with Crippen LogP contribution in [0.15, 0.2) is 30.3 Å². The molecule has 206 valence electrons. The first-order chi connectivity index (χ1) is 17.5. The van der Waals surface area contributed by atoms with Crippen LogP contribution in [0.4, 0.5) is 0 Å². The highest BCUT2D eigenvalue weighted by atomic mass is 16.6. The van der Waals surface area contributed by atoms with Crippen LogP contribution in [-0.2, 0) is 30.3 Å². The van der Waals surface area contributed by atoms with Crippen LogP contribution in [-0.4, -0.2) is 58.2 Å². The Kier molecular flexibility index (Phi) is 9.92. The van der Waals surface area contributed by atoms with E-state index >= 15 is 0 Å². The number of hydrogen-bond acceptors (Lipinski definition) is 6. The van der Waals surface area contributed by atoms with Gasteiger partial charge in [0.15, 0.2) is 0 Å². The van der Waals surface area contributed by atoms with Crippen LogP contribution in [0.25, 0.3) is 0 Å². The molecule has 1 N–H and O–H groups in total. The highest BCUT2D eigenvalue weighted by Crippen LogP contribution is 2.34. The normalized spacial score (nSPS) is 28.3. The number of nitrogens with zero attached hydrogens (tertiary/aromatic N) is 1. The molecule has 2 unspecified atom stereocenters. The van der Waals surface area contributed by atoms with Gasteiger partial charge in [-0.2, -0.15) is 0 Å². The van der Waals surface area contributed by atoms with Gasteiger partial charge < -0.3 is 19.5 Å². The fraction of sp³-hybridized carbons (Fsp3) is 0.700. The first-order valence-corrected chi connectivity index (χ1v) is 14.0. The fourth-order valence-corrected chi connectivity index (χ4v) is 5.69. The molecule has 0 aliphatic carbocycles. The molecule has 6 atom stereocenters. The molecule has 2 heterocycles. The van der Waals surface area contributed by atoms with Gasteiger partial charge in [0.25, 0.3) is 5.91 Å². The van der Waals surface area contributed by atoms with Gasteiger partial charge in [-0.1, -0.05) is 71.9 Å². The lowest BCUT2D eigenvalue weighted by Crippen LogP contribution is -2.60. The number of likely N-dealkylation sites (tertiary alicyclic amines) is 1. The predicted molar refractivity (Wildman–Crippen MR) is 141 cm³/mol. The van der Waals surface area contributed by atoms with Crippen LogP contribution in [0.3, 0.4) is 0 Å². The highest BCUT2D eigenvalue weighted by molar-refractivity contribution is 6.09. The molecule has 0 radical (unpaired) electrons. The molecular weight excluding hydrogens is 470 g/mol. The van der Waals surface area contributed by atoms with E-state index in [1.165, 1.54) is 10.5 Å². The highest BCUT2D eigenvalue weighted by Gasteiger charge is 2.55. The standard InChI is InChI=1S/C30H45NO6/c1-7-23(18-22-12-9-8-10-13-22)26(20(4)5)36-28(33)24-14-11-17-31(24)29(34)30(35)27(32)21(6)15-16-25(37-30)19(2)3/h8-10,12-13,19-21,23-26,35H,7,11,14-18H2,1-6H3/t21-,23-,24+,25?,26+,30?/m1/s1. The number of carbonyl (C=O) groups is 3. The van der Waals surface area contributed by atoms with Crippen LogP contribution in [0.5, 0.6) is 0 Å². The van der Waals surface area contributed by atoms with Gasteiger partial charge >= 0.3 is 11.8 Å². The van der Waals surface area contributed by atoms with Crippen molar-refractivity contribution in [1.82, 2.24) is 4.90 Å². The van der Waals surface area contributed by atoms with Crippen molar-refractivity contribution in [3.8, 4) is 0 Å². The van der Waals surface area contributed by atoms with E-state index in [2.05, 4.69) is 19.1 Å². The second kappa shape index (κ2) is 12.5. The smallest absolute Gasteiger partial charge is 0.329 e. The van der Waals surface area contributed by atoms with E-state index in [1.54, 1.807) is 6.92 Å². The van der Waals surface area contributed by atoms with E-state index < -0.39 is 41.5 Å². The average Bonchev–Trinajstić information content (AvgIpc) is 3.33. The molecule has 0 spiro atoms. The lowest BCUT2D eigenvalue weighted by molar-refractivity contribution is -0.231. The molecule has 2 saturated heterocycles. The maximum atomic E-state index is 13.7. The van der Waals surface area contributed by atoms with Crippen LogP contribution < -0.4 is 0 Å². The van der Waals surface area contributed by atoms with Crippen molar-refractivity contribution in [2.75, 3.05) is 6.54 Å². The Balaban J connectivity index is 1.79. The Bertz CT molecular complexity index is 931. The van der Waals surface area contributed by atoms with Crippen molar-refractivity contribution in [2.24, 2.45) is 23.7 Å². The minimum Gasteiger partial charge on any atom is -0.460 e. The Hall–Kier alpha value is -2.25. The third-order valence-electron chi connectivity index (χ3n) is 8.05. The van der Waals surface area contributed by atoms with Crippen molar-refractivity contribution in [3.63, 3.8) is 0 Å². The summed E-state index contributed by atoms with van der Waals surface area (Å²) in [5.41, 5.74) is 1.19. The molecule has 1 aromatic rings. The number of aliphatic hydroxyl groups is 1. The summed E-state index contributed by atoms with van der Waals surface area (Å²) in [5.74, 6) is -4.80. The largest absolute Gasteiger partial charge is 0.460 e. The van der Waals surface area contributed by atoms with Crippen LogP contribution in [0.1, 0.15) is 79.2 Å². The summed E-state index contributed by atoms with van der Waals surface area (Å²) < 4.78 is 12.0. The minimum atomic E-state index is -2.58. The maximum Gasteiger partial charge on any atom is 0.329 e. The third-order valence-corrected chi connectivity index (χ3v) is 8.05. The van der Waals surface area contributed by atoms with Crippen molar-refractivity contribution in [1.29, 1.82) is 0 Å². The number of ketones is 1. The van der Waals surface area contributed by atoms with E-state index in [9.17, 15) is 19.5 Å². The lowest BCUT2D eigenvalue weighted by Gasteiger charge is -2.36. The molecule has 1 aromatic carbocycles. The minimum absolute atomic E-state index is 0.0270. The van der Waals surface area contributed by atoms with Gasteiger partial charge in [-0.05, 0) is 61.8 Å². The van der Waals surface area contributed by atoms with Crippen molar-refractivity contribution >= 4 is 17.7 Å². The number of amides is 1. The molecule has 2 fully saturated rings. The van der Waals surface area contributed by atoms with Crippen LogP contribution in [0.2, 0.25) is 0 Å². The molecule has 1 amide bonds. The zero-order valence-corrected chi connectivity index (χ0v) is 23.3. The third kappa shape index (κ3) is 6.61. The SMILES string of the molecule is CC[C@H](Cc1ccccc1)[C@@H](OC(=O)[C@@H]1CCCN1C(=O)C1(O)OC(C(C)C)CC[C@@H](C)C1=O)C(C)C. The first kappa shape index (κ1) is 29.3. The molecule has 7 nitrogen and oxygen atoms in total. The second-order valence-electron chi connectivity index (χ2n) is 11.5. The summed E-state index contributed by atoms with van der Waals surface area (Å²) in [6.07, 6.45) is 3.03. The Labute approximate surface area is 221 Å². The summed E-state index contributed by atoms with van der Waals surface area (Å²) in [4.78, 5) is 41.6. The van der Waals surface area contributed by atoms with Gasteiger partial charge in [0.2, 0.25) is 5.78 Å². The van der Waals surface area contributed by atoms with E-state index in [4.69, 9.17) is 9.47 Å². The summed E-state index contributed by atoms with van der Waals surface area (Å²) in [7, 11) is 0. The zero-order chi connectivity index (χ0) is 27.3. The molecule has 2 aliphatic rings. The number of carbonyl (C=O) groups excluding carboxylic acids is 3. The van der Waals surface area contributed by atoms with Gasteiger partial charge in [0, 0.05) is 12.5 Å². The van der Waals surface area contributed by atoms with E-state index in [1.807, 2.05) is 45.9 Å². The lowest BCUT2D eigenvalue weighted by atomic mass is 9.86. The van der Waals surface area contributed by atoms with Gasteiger partial charge in [0.1, 0.15) is 12.1 Å². The Morgan fingerprint density at radius 2 is 1.81 bits per heavy atom. The molecule has 0 bridgehead atoms. The molecule has 37 heavy (non-hydrogen) atoms. The average molecular weight is 516 g/mol. The number of benzene rings is 1. The number of esters is 1. The molecular formula is C30H45NO6. The predicted octanol–water partition coefficient (Wildman–Crippen LogP) is 4.54. The van der Waals surface area contributed by atoms with Crippen molar-refractivity contribution < 1.29 is 29.0 Å². The molecule has 7 heteroatoms. The monoisotopic (exact) mass is 515 g/mol. The number of ether oxygens (including phenoxy) is 2. The summed E-state index contributed by atoms with van der Waals surface area (Å²) in [5, 5.41) is 11.4. The summed E-state index contributed by atoms with van der Waals surface area (Å²) in [6, 6.07) is 9.31. The first-order valence-electron chi connectivity index (χ1n) is 14.0. The van der Waals surface area contributed by atoms with E-state index in [0.717, 1.165) is 12.8 Å². The van der Waals surface area contributed by atoms with Gasteiger partial charge in [-0.3, -0.25) is 9.59 Å². The zero-order valence-electron chi connectivity index (χ0n) is 23.3. The van der Waals surface area contributed by atoms with E-state index in [-0.39, 0.29) is 30.4 Å². The van der Waals surface area contributed by atoms with Crippen molar-refractivity contribution in [2.45, 2.75) is 104 Å². The van der Waals surface area contributed by atoms with Crippen LogP contribution in [0, 0.1) is 23.7 Å². The second-order valence-corrected chi connectivity index (χ2v) is 11.5. The molecule has 2 aliphatic heterocycles. The van der Waals surface area contributed by atoms with Gasteiger partial charge in [-0.25, -0.2) is 4.79 Å². The topological polar surface area (TPSA) is 93.1 Å². The summed E-state index contributed by atoms with van der Waals surface area (Å²) in [6.45, 7) is 12.0. The Morgan fingerprint density at radius 3 is 2.41 bits per heavy atom. The maximum absolute atomic E-state index is 13.7. The van der Waals surface area contributed by atoms with Gasteiger partial charge in [0.05, 0.1) is 6.10 Å². The molecule has 0 saturated carbocycles. The quantitative estimate of drug-likeness (QED) is 0.383. The molecule has 3 rings (SSSR count). The van der Waals surface area contributed by atoms with Crippen molar-refractivity contribution in [3.05, 3.63) is 35.9 Å². The number of rotatable bonds is 9. The van der Waals surface area contributed by atoms with Crippen LogP contribution >= 0.6 is 0 Å². The number of Topliss-reactive ketones (excluding diaryl/α,β-unsaturated/α-hetero) is 1. The van der Waals surface area contributed by atoms with Gasteiger partial charge in [-0.15, -0.1) is 0 Å². The van der Waals surface area contributed by atoms with E-state index in [0.29, 0.717) is 25.7 Å². The Morgan fingerprint density at radius 1 is 1.14 bits per heavy atom. The summed E-state index contributed by atoms with van der Waals surface area (Å²) >= 11 is 0. The fourth-order valence-electron chi connectivity index (χ4n) is 5.69.